The highest BCUT2D eigenvalue weighted by Gasteiger charge is 2.37. The van der Waals surface area contributed by atoms with Crippen LogP contribution in [0.2, 0.25) is 5.02 Å². The van der Waals surface area contributed by atoms with Gasteiger partial charge in [0.15, 0.2) is 11.5 Å². The topological polar surface area (TPSA) is 60.1 Å². The average Bonchev–Trinajstić information content (AvgIpc) is 2.97. The second kappa shape index (κ2) is 8.60. The lowest BCUT2D eigenvalue weighted by molar-refractivity contribution is 0.0332. The van der Waals surface area contributed by atoms with Gasteiger partial charge < -0.3 is 15.3 Å². The Morgan fingerprint density at radius 3 is 2.61 bits per heavy atom. The van der Waals surface area contributed by atoms with Crippen LogP contribution in [-0.2, 0) is 12.8 Å². The lowest BCUT2D eigenvalue weighted by Crippen LogP contribution is -2.42. The van der Waals surface area contributed by atoms with E-state index in [2.05, 4.69) is 29.3 Å². The molecular weight excluding hydrogens is 441 g/mol. The van der Waals surface area contributed by atoms with Gasteiger partial charge in [0.05, 0.1) is 11.6 Å². The highest BCUT2D eigenvalue weighted by Crippen LogP contribution is 2.40. The number of nitrogens with zero attached hydrogens (tertiary/aromatic N) is 2. The van der Waals surface area contributed by atoms with Crippen LogP contribution >= 0.6 is 11.6 Å². The Kier molecular flexibility index (Phi) is 5.62. The number of rotatable bonds is 1. The third-order valence-corrected chi connectivity index (χ3v) is 6.61. The molecule has 1 aliphatic heterocycles. The van der Waals surface area contributed by atoms with Gasteiger partial charge in [-0.05, 0) is 65.8 Å². The number of hydroxylamine groups is 2. The molecule has 0 radical (unpaired) electrons. The molecule has 3 aromatic rings. The fourth-order valence-electron chi connectivity index (χ4n) is 4.54. The van der Waals surface area contributed by atoms with Crippen LogP contribution in [0.25, 0.3) is 11.1 Å². The Morgan fingerprint density at radius 2 is 1.79 bits per heavy atom. The molecule has 1 atom stereocenters. The standard InChI is InChI=1S/C26H25ClFN3O2/c1-31-25(29)30-16-26(12-4-7-17-5-2-3-6-20(17)15-26)32-23-11-9-19(14-24(23)33-31)18-8-10-22(28)21(27)13-18/h2-3,5-6,8-11,13-14H,4,7,12,15-16H2,1H3,(H2,29,30). The maximum Gasteiger partial charge on any atom is 0.225 e. The SMILES string of the molecule is CN1Oc2cc(-c3ccc(F)c(Cl)c3)ccc2OC2(CCCc3ccccc3C2)CN=C1N. The van der Waals surface area contributed by atoms with E-state index < -0.39 is 11.4 Å². The summed E-state index contributed by atoms with van der Waals surface area (Å²) in [4.78, 5) is 10.6. The summed E-state index contributed by atoms with van der Waals surface area (Å²) in [6.45, 7) is 0.426. The van der Waals surface area contributed by atoms with Gasteiger partial charge in [-0.15, -0.1) is 0 Å². The maximum absolute atomic E-state index is 13.7. The summed E-state index contributed by atoms with van der Waals surface area (Å²) in [6, 6.07) is 18.8. The second-order valence-corrected chi connectivity index (χ2v) is 9.04. The summed E-state index contributed by atoms with van der Waals surface area (Å²) in [7, 11) is 1.71. The third kappa shape index (κ3) is 4.35. The first-order valence-corrected chi connectivity index (χ1v) is 11.4. The number of nitrogens with two attached hydrogens (primary N) is 1. The van der Waals surface area contributed by atoms with E-state index in [1.165, 1.54) is 22.3 Å². The predicted octanol–water partition coefficient (Wildman–Crippen LogP) is 5.40. The lowest BCUT2D eigenvalue weighted by atomic mass is 9.91. The Hall–Kier alpha value is -3.25. The molecule has 0 bridgehead atoms. The van der Waals surface area contributed by atoms with Crippen molar-refractivity contribution in [2.45, 2.75) is 31.3 Å². The highest BCUT2D eigenvalue weighted by atomic mass is 35.5. The van der Waals surface area contributed by atoms with Crippen LogP contribution in [0.5, 0.6) is 11.5 Å². The molecule has 7 heteroatoms. The third-order valence-electron chi connectivity index (χ3n) is 6.32. The molecule has 1 heterocycles. The van der Waals surface area contributed by atoms with E-state index in [0.29, 0.717) is 18.0 Å². The van der Waals surface area contributed by atoms with Crippen LogP contribution < -0.4 is 15.3 Å². The zero-order chi connectivity index (χ0) is 23.0. The number of fused-ring (bicyclic) bond motifs is 2. The van der Waals surface area contributed by atoms with E-state index in [-0.39, 0.29) is 11.0 Å². The largest absolute Gasteiger partial charge is 0.481 e. The molecule has 170 valence electrons. The van der Waals surface area contributed by atoms with Gasteiger partial charge in [-0.1, -0.05) is 48.0 Å². The Bertz CT molecular complexity index is 1230. The first kappa shape index (κ1) is 21.6. The van der Waals surface area contributed by atoms with Crippen LogP contribution in [-0.4, -0.2) is 30.2 Å². The normalized spacial score (nSPS) is 20.2. The Morgan fingerprint density at radius 1 is 1.03 bits per heavy atom. The summed E-state index contributed by atoms with van der Waals surface area (Å²) >= 11 is 6.00. The number of ether oxygens (including phenoxy) is 1. The zero-order valence-corrected chi connectivity index (χ0v) is 19.1. The van der Waals surface area contributed by atoms with E-state index in [1.807, 2.05) is 18.2 Å². The summed E-state index contributed by atoms with van der Waals surface area (Å²) in [6.07, 6.45) is 3.58. The lowest BCUT2D eigenvalue weighted by Gasteiger charge is -2.32. The van der Waals surface area contributed by atoms with E-state index in [1.54, 1.807) is 19.2 Å². The number of aryl methyl sites for hydroxylation is 1. The quantitative estimate of drug-likeness (QED) is 0.523. The van der Waals surface area contributed by atoms with Crippen molar-refractivity contribution in [3.63, 3.8) is 0 Å². The molecule has 1 aliphatic carbocycles. The van der Waals surface area contributed by atoms with Crippen LogP contribution in [0.15, 0.2) is 65.7 Å². The molecule has 3 aromatic carbocycles. The molecular formula is C26H25ClFN3O2. The Labute approximate surface area is 197 Å². The summed E-state index contributed by atoms with van der Waals surface area (Å²) < 4.78 is 20.4. The van der Waals surface area contributed by atoms with E-state index in [0.717, 1.165) is 36.8 Å². The van der Waals surface area contributed by atoms with Crippen molar-refractivity contribution in [1.82, 2.24) is 5.06 Å². The maximum atomic E-state index is 13.7. The Balaban J connectivity index is 1.57. The first-order valence-electron chi connectivity index (χ1n) is 11.0. The monoisotopic (exact) mass is 465 g/mol. The minimum atomic E-state index is -0.540. The highest BCUT2D eigenvalue weighted by molar-refractivity contribution is 6.31. The van der Waals surface area contributed by atoms with Crippen LogP contribution in [0.1, 0.15) is 24.0 Å². The van der Waals surface area contributed by atoms with Crippen molar-refractivity contribution in [2.75, 3.05) is 13.6 Å². The van der Waals surface area contributed by atoms with Gasteiger partial charge in [0.2, 0.25) is 5.96 Å². The molecule has 0 amide bonds. The van der Waals surface area contributed by atoms with Gasteiger partial charge in [0.1, 0.15) is 11.4 Å². The number of hydrogen-bond donors (Lipinski definition) is 1. The van der Waals surface area contributed by atoms with Crippen molar-refractivity contribution < 1.29 is 14.0 Å². The minimum Gasteiger partial charge on any atom is -0.481 e. The van der Waals surface area contributed by atoms with Gasteiger partial charge in [-0.25, -0.2) is 9.38 Å². The van der Waals surface area contributed by atoms with Crippen LogP contribution in [0.3, 0.4) is 0 Å². The molecule has 5 nitrogen and oxygen atoms in total. The van der Waals surface area contributed by atoms with Gasteiger partial charge in [-0.2, -0.15) is 5.06 Å². The summed E-state index contributed by atoms with van der Waals surface area (Å²) in [5.74, 6) is 0.941. The molecule has 1 spiro atoms. The number of hydrogen-bond acceptors (Lipinski definition) is 5. The van der Waals surface area contributed by atoms with Crippen molar-refractivity contribution >= 4 is 17.6 Å². The zero-order valence-electron chi connectivity index (χ0n) is 18.4. The summed E-state index contributed by atoms with van der Waals surface area (Å²) in [5.41, 5.74) is 9.90. The van der Waals surface area contributed by atoms with Crippen molar-refractivity contribution in [1.29, 1.82) is 0 Å². The molecule has 2 aliphatic rings. The number of benzene rings is 3. The van der Waals surface area contributed by atoms with Crippen molar-refractivity contribution in [3.8, 4) is 22.6 Å². The van der Waals surface area contributed by atoms with Gasteiger partial charge >= 0.3 is 0 Å². The predicted molar refractivity (Wildman–Crippen MR) is 128 cm³/mol. The molecule has 5 rings (SSSR count). The van der Waals surface area contributed by atoms with E-state index in [9.17, 15) is 4.39 Å². The van der Waals surface area contributed by atoms with Crippen molar-refractivity contribution in [3.05, 3.63) is 82.6 Å². The number of aliphatic imine (C=N–C) groups is 1. The molecule has 0 fully saturated rings. The average molecular weight is 466 g/mol. The van der Waals surface area contributed by atoms with Crippen molar-refractivity contribution in [2.24, 2.45) is 10.7 Å². The fraction of sp³-hybridized carbons (Fsp3) is 0.269. The van der Waals surface area contributed by atoms with Gasteiger partial charge in [0, 0.05) is 13.5 Å². The van der Waals surface area contributed by atoms with Gasteiger partial charge in [-0.3, -0.25) is 0 Å². The minimum absolute atomic E-state index is 0.0674. The fourth-order valence-corrected chi connectivity index (χ4v) is 4.72. The van der Waals surface area contributed by atoms with Gasteiger partial charge in [0.25, 0.3) is 0 Å². The molecule has 0 saturated heterocycles. The molecule has 33 heavy (non-hydrogen) atoms. The molecule has 0 aromatic heterocycles. The van der Waals surface area contributed by atoms with Crippen LogP contribution in [0, 0.1) is 5.82 Å². The first-order chi connectivity index (χ1) is 15.9. The number of halogens is 2. The summed E-state index contributed by atoms with van der Waals surface area (Å²) in [5, 5.41) is 1.51. The molecule has 0 saturated carbocycles. The molecule has 2 N–H and O–H groups in total. The van der Waals surface area contributed by atoms with Crippen LogP contribution in [0.4, 0.5) is 4.39 Å². The second-order valence-electron chi connectivity index (χ2n) is 8.64. The van der Waals surface area contributed by atoms with E-state index in [4.69, 9.17) is 26.9 Å². The molecule has 1 unspecified atom stereocenters. The van der Waals surface area contributed by atoms with E-state index >= 15 is 0 Å². The number of guanidine groups is 1. The smallest absolute Gasteiger partial charge is 0.225 e.